The summed E-state index contributed by atoms with van der Waals surface area (Å²) < 4.78 is 0. The summed E-state index contributed by atoms with van der Waals surface area (Å²) in [7, 11) is 0. The Bertz CT molecular complexity index is 757. The van der Waals surface area contributed by atoms with Crippen molar-refractivity contribution in [2.24, 2.45) is 16.7 Å². The molecule has 4 rings (SSSR count). The number of carbonyl (C=O) groups is 2. The van der Waals surface area contributed by atoms with Crippen LogP contribution in [-0.2, 0) is 9.59 Å². The molecule has 0 spiro atoms. The number of fused-ring (bicyclic) bond motifs is 2. The third kappa shape index (κ3) is 3.45. The molecule has 1 aromatic heterocycles. The SMILES string of the molecule is CC1(C)[C@H]2CC[C@@]1(C)C(=O)N(CCCCN1CCN(c3ccccn3)CC1)C2=O. The van der Waals surface area contributed by atoms with E-state index in [1.165, 1.54) is 0 Å². The summed E-state index contributed by atoms with van der Waals surface area (Å²) in [6.45, 7) is 11.9. The Kier molecular flexibility index (Phi) is 5.40. The molecule has 2 bridgehead atoms. The Labute approximate surface area is 174 Å². The molecule has 158 valence electrons. The largest absolute Gasteiger partial charge is 0.354 e. The average Bonchev–Trinajstić information content (AvgIpc) is 2.92. The van der Waals surface area contributed by atoms with Gasteiger partial charge in [0, 0.05) is 44.8 Å². The fraction of sp³-hybridized carbons (Fsp3) is 0.696. The van der Waals surface area contributed by atoms with Crippen LogP contribution in [0.5, 0.6) is 0 Å². The summed E-state index contributed by atoms with van der Waals surface area (Å²) in [6.07, 6.45) is 5.45. The molecule has 6 heteroatoms. The maximum absolute atomic E-state index is 13.1. The molecule has 3 aliphatic rings. The first-order valence-electron chi connectivity index (χ1n) is 11.1. The van der Waals surface area contributed by atoms with E-state index in [1.54, 1.807) is 4.90 Å². The van der Waals surface area contributed by atoms with Crippen molar-refractivity contribution in [1.29, 1.82) is 0 Å². The van der Waals surface area contributed by atoms with E-state index in [1.807, 2.05) is 18.3 Å². The number of unbranched alkanes of at least 4 members (excludes halogenated alkanes) is 1. The van der Waals surface area contributed by atoms with Gasteiger partial charge in [-0.1, -0.05) is 26.8 Å². The first kappa shape index (κ1) is 20.3. The third-order valence-electron chi connectivity index (χ3n) is 7.96. The number of nitrogens with zero attached hydrogens (tertiary/aromatic N) is 4. The molecule has 6 nitrogen and oxygen atoms in total. The van der Waals surface area contributed by atoms with Crippen molar-refractivity contribution in [3.05, 3.63) is 24.4 Å². The lowest BCUT2D eigenvalue weighted by Gasteiger charge is -2.47. The van der Waals surface area contributed by atoms with Crippen molar-refractivity contribution in [1.82, 2.24) is 14.8 Å². The number of piperazine rings is 1. The highest BCUT2D eigenvalue weighted by Crippen LogP contribution is 2.60. The van der Waals surface area contributed by atoms with Crippen LogP contribution in [0.4, 0.5) is 5.82 Å². The van der Waals surface area contributed by atoms with E-state index in [2.05, 4.69) is 41.6 Å². The predicted molar refractivity (Wildman–Crippen MR) is 113 cm³/mol. The van der Waals surface area contributed by atoms with Gasteiger partial charge in [-0.05, 0) is 49.8 Å². The molecule has 29 heavy (non-hydrogen) atoms. The molecule has 2 atom stereocenters. The fourth-order valence-electron chi connectivity index (χ4n) is 5.46. The van der Waals surface area contributed by atoms with Crippen molar-refractivity contribution in [3.8, 4) is 0 Å². The van der Waals surface area contributed by atoms with E-state index >= 15 is 0 Å². The number of aromatic nitrogens is 1. The van der Waals surface area contributed by atoms with E-state index < -0.39 is 0 Å². The number of piperidine rings is 1. The number of anilines is 1. The standard InChI is InChI=1S/C23H34N4O2/c1-22(2)18-9-10-23(22,3)21(29)27(20(18)28)13-7-6-12-25-14-16-26(17-15-25)19-8-4-5-11-24-19/h4-5,8,11,18H,6-7,9-10,12-17H2,1-3H3/t18-,23-/m0/s1. The number of hydrogen-bond acceptors (Lipinski definition) is 5. The summed E-state index contributed by atoms with van der Waals surface area (Å²) in [6, 6.07) is 6.05. The van der Waals surface area contributed by atoms with Crippen LogP contribution < -0.4 is 4.90 Å². The highest BCUT2D eigenvalue weighted by molar-refractivity contribution is 6.03. The maximum Gasteiger partial charge on any atom is 0.235 e. The van der Waals surface area contributed by atoms with Gasteiger partial charge in [0.05, 0.1) is 5.41 Å². The zero-order valence-corrected chi connectivity index (χ0v) is 18.1. The predicted octanol–water partition coefficient (Wildman–Crippen LogP) is 2.80. The molecule has 0 unspecified atom stereocenters. The van der Waals surface area contributed by atoms with Crippen LogP contribution in [0.2, 0.25) is 0 Å². The monoisotopic (exact) mass is 398 g/mol. The van der Waals surface area contributed by atoms with E-state index in [0.717, 1.165) is 64.2 Å². The van der Waals surface area contributed by atoms with Crippen LogP contribution in [0, 0.1) is 16.7 Å². The summed E-state index contributed by atoms with van der Waals surface area (Å²) in [5, 5.41) is 0. The second-order valence-electron chi connectivity index (χ2n) is 9.66. The van der Waals surface area contributed by atoms with Gasteiger partial charge in [0.15, 0.2) is 0 Å². The molecule has 1 saturated carbocycles. The minimum absolute atomic E-state index is 0.00451. The third-order valence-corrected chi connectivity index (χ3v) is 7.96. The Morgan fingerprint density at radius 2 is 1.76 bits per heavy atom. The molecule has 1 aromatic rings. The van der Waals surface area contributed by atoms with Gasteiger partial charge >= 0.3 is 0 Å². The highest BCUT2D eigenvalue weighted by Gasteiger charge is 2.64. The van der Waals surface area contributed by atoms with Crippen LogP contribution in [0.25, 0.3) is 0 Å². The Balaban J connectivity index is 1.23. The van der Waals surface area contributed by atoms with Gasteiger partial charge in [-0.3, -0.25) is 19.4 Å². The molecule has 2 saturated heterocycles. The molecular weight excluding hydrogens is 364 g/mol. The van der Waals surface area contributed by atoms with Gasteiger partial charge in [-0.2, -0.15) is 0 Å². The number of pyridine rings is 1. The minimum atomic E-state index is -0.382. The summed E-state index contributed by atoms with van der Waals surface area (Å²) in [5.41, 5.74) is -0.599. The van der Waals surface area contributed by atoms with Crippen molar-refractivity contribution in [3.63, 3.8) is 0 Å². The van der Waals surface area contributed by atoms with Gasteiger partial charge in [0.2, 0.25) is 11.8 Å². The van der Waals surface area contributed by atoms with Crippen LogP contribution in [0.3, 0.4) is 0 Å². The zero-order valence-electron chi connectivity index (χ0n) is 18.1. The summed E-state index contributed by atoms with van der Waals surface area (Å²) >= 11 is 0. The fourth-order valence-corrected chi connectivity index (χ4v) is 5.46. The second-order valence-corrected chi connectivity index (χ2v) is 9.66. The topological polar surface area (TPSA) is 56.8 Å². The van der Waals surface area contributed by atoms with Crippen LogP contribution >= 0.6 is 0 Å². The lowest BCUT2D eigenvalue weighted by Crippen LogP contribution is -2.59. The highest BCUT2D eigenvalue weighted by atomic mass is 16.2. The average molecular weight is 399 g/mol. The van der Waals surface area contributed by atoms with Gasteiger partial charge in [-0.15, -0.1) is 0 Å². The lowest BCUT2D eigenvalue weighted by atomic mass is 9.62. The normalized spacial score (nSPS) is 29.6. The maximum atomic E-state index is 13.1. The first-order valence-corrected chi connectivity index (χ1v) is 11.1. The number of hydrogen-bond donors (Lipinski definition) is 0. The van der Waals surface area contributed by atoms with Gasteiger partial charge in [0.25, 0.3) is 0 Å². The van der Waals surface area contributed by atoms with E-state index in [9.17, 15) is 9.59 Å². The van der Waals surface area contributed by atoms with Crippen LogP contribution in [0.15, 0.2) is 24.4 Å². The minimum Gasteiger partial charge on any atom is -0.354 e. The summed E-state index contributed by atoms with van der Waals surface area (Å²) in [4.78, 5) is 36.8. The number of amides is 2. The van der Waals surface area contributed by atoms with Crippen LogP contribution in [-0.4, -0.2) is 65.9 Å². The molecule has 0 N–H and O–H groups in total. The smallest absolute Gasteiger partial charge is 0.235 e. The number of imide groups is 1. The number of carbonyl (C=O) groups excluding carboxylic acids is 2. The second kappa shape index (κ2) is 7.71. The number of rotatable bonds is 6. The van der Waals surface area contributed by atoms with E-state index in [-0.39, 0.29) is 28.6 Å². The van der Waals surface area contributed by atoms with Crippen molar-refractivity contribution < 1.29 is 9.59 Å². The van der Waals surface area contributed by atoms with E-state index in [4.69, 9.17) is 0 Å². The van der Waals surface area contributed by atoms with Crippen molar-refractivity contribution in [2.75, 3.05) is 44.2 Å². The van der Waals surface area contributed by atoms with Crippen LogP contribution in [0.1, 0.15) is 46.5 Å². The molecule has 3 fully saturated rings. The molecule has 3 heterocycles. The molecule has 1 aliphatic carbocycles. The summed E-state index contributed by atoms with van der Waals surface area (Å²) in [5.74, 6) is 1.19. The molecule has 2 aliphatic heterocycles. The van der Waals surface area contributed by atoms with Gasteiger partial charge in [0.1, 0.15) is 5.82 Å². The first-order chi connectivity index (χ1) is 13.8. The molecule has 0 aromatic carbocycles. The van der Waals surface area contributed by atoms with Crippen molar-refractivity contribution in [2.45, 2.75) is 46.5 Å². The molecular formula is C23H34N4O2. The van der Waals surface area contributed by atoms with Gasteiger partial charge < -0.3 is 4.90 Å². The van der Waals surface area contributed by atoms with Gasteiger partial charge in [-0.25, -0.2) is 4.98 Å². The quantitative estimate of drug-likeness (QED) is 0.545. The van der Waals surface area contributed by atoms with Crippen molar-refractivity contribution >= 4 is 17.6 Å². The Morgan fingerprint density at radius 1 is 1.03 bits per heavy atom. The van der Waals surface area contributed by atoms with E-state index in [0.29, 0.717) is 6.54 Å². The molecule has 2 amide bonds. The molecule has 0 radical (unpaired) electrons. The lowest BCUT2D eigenvalue weighted by molar-refractivity contribution is -0.167. The number of likely N-dealkylation sites (tertiary alicyclic amines) is 1. The Hall–Kier alpha value is -1.95. The Morgan fingerprint density at radius 3 is 2.45 bits per heavy atom. The zero-order chi connectivity index (χ0) is 20.6.